The van der Waals surface area contributed by atoms with Crippen molar-refractivity contribution in [1.29, 1.82) is 0 Å². The Morgan fingerprint density at radius 3 is 2.10 bits per heavy atom. The topological polar surface area (TPSA) is 110 Å². The highest BCUT2D eigenvalue weighted by Gasteiger charge is 2.25. The number of ether oxygens (including phenoxy) is 2. The molecule has 3 heterocycles. The molecule has 0 saturated carbocycles. The Morgan fingerprint density at radius 2 is 1.43 bits per heavy atom. The summed E-state index contributed by atoms with van der Waals surface area (Å²) < 4.78 is 11.1. The van der Waals surface area contributed by atoms with Gasteiger partial charge in [-0.15, -0.1) is 0 Å². The molecule has 2 amide bonds. The van der Waals surface area contributed by atoms with E-state index in [1.165, 1.54) is 9.80 Å². The van der Waals surface area contributed by atoms with Crippen LogP contribution in [0, 0.1) is 0 Å². The quantitative estimate of drug-likeness (QED) is 0.353. The van der Waals surface area contributed by atoms with Gasteiger partial charge >= 0.3 is 12.2 Å². The Kier molecular flexibility index (Phi) is 10.0. The number of pyridine rings is 3. The summed E-state index contributed by atoms with van der Waals surface area (Å²) >= 11 is 0. The average molecular weight is 549 g/mol. The highest BCUT2D eigenvalue weighted by atomic mass is 16.6. The van der Waals surface area contributed by atoms with Crippen LogP contribution in [0.1, 0.15) is 52.9 Å². The summed E-state index contributed by atoms with van der Waals surface area (Å²) in [5.74, 6) is 1.60. The molecule has 0 fully saturated rings. The molecule has 0 saturated heterocycles. The highest BCUT2D eigenvalue weighted by Crippen LogP contribution is 2.20. The third-order valence-electron chi connectivity index (χ3n) is 5.43. The molecule has 0 aliphatic carbocycles. The lowest BCUT2D eigenvalue weighted by Gasteiger charge is -2.27. The predicted molar refractivity (Wildman–Crippen MR) is 157 cm³/mol. The maximum Gasteiger partial charge on any atom is 0.416 e. The third kappa shape index (κ3) is 9.83. The molecule has 0 spiro atoms. The molecule has 3 aromatic heterocycles. The van der Waals surface area contributed by atoms with Crippen molar-refractivity contribution in [2.75, 3.05) is 35.3 Å². The zero-order chi connectivity index (χ0) is 29.3. The van der Waals surface area contributed by atoms with E-state index >= 15 is 0 Å². The number of aromatic nitrogens is 3. The van der Waals surface area contributed by atoms with Gasteiger partial charge in [-0.1, -0.05) is 18.2 Å². The number of nitrogens with zero attached hydrogens (tertiary/aromatic N) is 5. The maximum absolute atomic E-state index is 13.1. The molecule has 214 valence electrons. The van der Waals surface area contributed by atoms with Crippen molar-refractivity contribution < 1.29 is 19.1 Å². The van der Waals surface area contributed by atoms with Crippen LogP contribution in [0.5, 0.6) is 0 Å². The van der Waals surface area contributed by atoms with Crippen LogP contribution in [0.15, 0.2) is 60.8 Å². The van der Waals surface area contributed by atoms with Crippen LogP contribution in [0.2, 0.25) is 0 Å². The molecule has 0 aliphatic rings. The van der Waals surface area contributed by atoms with E-state index in [4.69, 9.17) is 9.47 Å². The van der Waals surface area contributed by atoms with Gasteiger partial charge in [-0.2, -0.15) is 0 Å². The first-order valence-electron chi connectivity index (χ1n) is 13.3. The Hall–Kier alpha value is -4.21. The summed E-state index contributed by atoms with van der Waals surface area (Å²) in [5, 5.41) is 3.30. The Morgan fingerprint density at radius 1 is 0.775 bits per heavy atom. The van der Waals surface area contributed by atoms with Crippen molar-refractivity contribution in [2.24, 2.45) is 0 Å². The molecule has 10 heteroatoms. The molecule has 3 aromatic rings. The Balaban J connectivity index is 1.66. The van der Waals surface area contributed by atoms with Crippen LogP contribution < -0.4 is 15.1 Å². The minimum absolute atomic E-state index is 0.365. The molecule has 40 heavy (non-hydrogen) atoms. The van der Waals surface area contributed by atoms with E-state index < -0.39 is 23.4 Å². The third-order valence-corrected chi connectivity index (χ3v) is 5.43. The normalized spacial score (nSPS) is 11.5. The summed E-state index contributed by atoms with van der Waals surface area (Å²) in [4.78, 5) is 42.0. The lowest BCUT2D eigenvalue weighted by molar-refractivity contribution is 0.0572. The number of anilines is 3. The van der Waals surface area contributed by atoms with E-state index in [1.54, 1.807) is 25.4 Å². The average Bonchev–Trinajstić information content (AvgIpc) is 2.87. The van der Waals surface area contributed by atoms with Crippen molar-refractivity contribution in [2.45, 2.75) is 65.6 Å². The molecule has 0 bridgehead atoms. The summed E-state index contributed by atoms with van der Waals surface area (Å²) in [6.45, 7) is 11.9. The zero-order valence-electron chi connectivity index (χ0n) is 24.5. The molecular formula is C30H40N6O4. The summed E-state index contributed by atoms with van der Waals surface area (Å²) in [6, 6.07) is 16.7. The fourth-order valence-electron chi connectivity index (χ4n) is 3.60. The molecular weight excluding hydrogens is 508 g/mol. The van der Waals surface area contributed by atoms with Crippen molar-refractivity contribution in [3.63, 3.8) is 0 Å². The molecule has 0 unspecified atom stereocenters. The lowest BCUT2D eigenvalue weighted by atomic mass is 10.2. The second kappa shape index (κ2) is 13.2. The van der Waals surface area contributed by atoms with Crippen molar-refractivity contribution in [1.82, 2.24) is 15.0 Å². The molecule has 0 aromatic carbocycles. The van der Waals surface area contributed by atoms with Crippen LogP contribution in [0.25, 0.3) is 0 Å². The van der Waals surface area contributed by atoms with Gasteiger partial charge in [0.25, 0.3) is 0 Å². The molecule has 10 nitrogen and oxygen atoms in total. The second-order valence-corrected chi connectivity index (χ2v) is 11.3. The number of nitrogens with one attached hydrogen (secondary N) is 1. The SMILES string of the molecule is CN(C(=O)OC(C)(C)C)c1cccc(CCNc2cccc(N(CCc3ccccn3)C(=O)OC(C)(C)C)n2)n1. The number of amides is 2. The lowest BCUT2D eigenvalue weighted by Crippen LogP contribution is -2.38. The van der Waals surface area contributed by atoms with Crippen molar-refractivity contribution in [3.05, 3.63) is 72.2 Å². The largest absolute Gasteiger partial charge is 0.443 e. The smallest absolute Gasteiger partial charge is 0.416 e. The molecule has 0 radical (unpaired) electrons. The van der Waals surface area contributed by atoms with E-state index in [0.29, 0.717) is 43.4 Å². The van der Waals surface area contributed by atoms with Gasteiger partial charge < -0.3 is 14.8 Å². The first-order chi connectivity index (χ1) is 18.8. The second-order valence-electron chi connectivity index (χ2n) is 11.3. The van der Waals surface area contributed by atoms with Crippen LogP contribution in [0.4, 0.5) is 27.0 Å². The fourth-order valence-corrected chi connectivity index (χ4v) is 3.60. The van der Waals surface area contributed by atoms with Crippen molar-refractivity contribution >= 4 is 29.6 Å². The monoisotopic (exact) mass is 548 g/mol. The van der Waals surface area contributed by atoms with E-state index in [9.17, 15) is 9.59 Å². The number of carbonyl (C=O) groups excluding carboxylic acids is 2. The zero-order valence-corrected chi connectivity index (χ0v) is 24.5. The summed E-state index contributed by atoms with van der Waals surface area (Å²) in [6.07, 6.45) is 1.95. The number of hydrogen-bond acceptors (Lipinski definition) is 8. The van der Waals surface area contributed by atoms with Gasteiger partial charge in [0.1, 0.15) is 28.7 Å². The van der Waals surface area contributed by atoms with E-state index in [0.717, 1.165) is 11.4 Å². The van der Waals surface area contributed by atoms with Gasteiger partial charge in [0.05, 0.1) is 0 Å². The van der Waals surface area contributed by atoms with Crippen molar-refractivity contribution in [3.8, 4) is 0 Å². The van der Waals surface area contributed by atoms with Crippen LogP contribution >= 0.6 is 0 Å². The first kappa shape index (κ1) is 30.3. The Labute approximate surface area is 236 Å². The van der Waals surface area contributed by atoms with E-state index in [1.807, 2.05) is 84.0 Å². The van der Waals surface area contributed by atoms with E-state index in [-0.39, 0.29) is 0 Å². The van der Waals surface area contributed by atoms with Crippen LogP contribution in [-0.4, -0.2) is 58.5 Å². The molecule has 3 rings (SSSR count). The Bertz CT molecular complexity index is 1270. The summed E-state index contributed by atoms with van der Waals surface area (Å²) in [5.41, 5.74) is 0.445. The minimum Gasteiger partial charge on any atom is -0.443 e. The maximum atomic E-state index is 13.1. The molecule has 0 aliphatic heterocycles. The van der Waals surface area contributed by atoms with Gasteiger partial charge in [0.15, 0.2) is 0 Å². The van der Waals surface area contributed by atoms with Gasteiger partial charge in [0, 0.05) is 50.6 Å². The van der Waals surface area contributed by atoms with Gasteiger partial charge in [0.2, 0.25) is 0 Å². The van der Waals surface area contributed by atoms with Gasteiger partial charge in [-0.3, -0.25) is 14.8 Å². The number of carbonyl (C=O) groups is 2. The number of hydrogen-bond donors (Lipinski definition) is 1. The minimum atomic E-state index is -0.644. The highest BCUT2D eigenvalue weighted by molar-refractivity contribution is 5.87. The standard InChI is InChI=1S/C30H40N6O4/c1-29(2,3)39-27(37)35(7)25-15-10-13-23(33-25)17-20-32-24-14-11-16-26(34-24)36(28(38)40-30(4,5)6)21-18-22-12-8-9-19-31-22/h8-16,19H,17-18,20-21H2,1-7H3,(H,32,34). The first-order valence-corrected chi connectivity index (χ1v) is 13.3. The van der Waals surface area contributed by atoms with Crippen LogP contribution in [-0.2, 0) is 22.3 Å². The van der Waals surface area contributed by atoms with Crippen LogP contribution in [0.3, 0.4) is 0 Å². The molecule has 0 atom stereocenters. The van der Waals surface area contributed by atoms with E-state index in [2.05, 4.69) is 20.3 Å². The number of rotatable bonds is 9. The van der Waals surface area contributed by atoms with Gasteiger partial charge in [-0.05, 0) is 77.9 Å². The molecule has 1 N–H and O–H groups in total. The fraction of sp³-hybridized carbons (Fsp3) is 0.433. The van der Waals surface area contributed by atoms with Gasteiger partial charge in [-0.25, -0.2) is 19.6 Å². The summed E-state index contributed by atoms with van der Waals surface area (Å²) in [7, 11) is 1.64. The predicted octanol–water partition coefficient (Wildman–Crippen LogP) is 5.88.